The van der Waals surface area contributed by atoms with E-state index in [9.17, 15) is 0 Å². The van der Waals surface area contributed by atoms with Gasteiger partial charge in [-0.15, -0.1) is 0 Å². The van der Waals surface area contributed by atoms with Crippen molar-refractivity contribution in [3.8, 4) is 0 Å². The summed E-state index contributed by atoms with van der Waals surface area (Å²) in [6.45, 7) is 0. The molecule has 0 unspecified atom stereocenters. The van der Waals surface area contributed by atoms with Crippen LogP contribution in [-0.4, -0.2) is 3.35 Å². The fraction of sp³-hybridized carbons (Fsp3) is 0. The van der Waals surface area contributed by atoms with Crippen LogP contribution in [0, 0.1) is 0 Å². The van der Waals surface area contributed by atoms with Crippen LogP contribution in [0.15, 0.2) is 0 Å². The Hall–Kier alpha value is 3.78. The summed E-state index contributed by atoms with van der Waals surface area (Å²) in [4.78, 5) is 0. The van der Waals surface area contributed by atoms with Gasteiger partial charge in [-0.2, -0.15) is 0 Å². The molecule has 0 bridgehead atoms. The molecule has 0 aliphatic rings. The van der Waals surface area contributed by atoms with Gasteiger partial charge in [0.05, 0.1) is 0 Å². The van der Waals surface area contributed by atoms with E-state index in [1.165, 1.54) is 0 Å². The number of halogens is 6. The van der Waals surface area contributed by atoms with E-state index >= 15 is 0 Å². The standard InChI is InChI=1S/6BrH.Po/h6*1H;/q;;;;;;+6/p-6. The van der Waals surface area contributed by atoms with Gasteiger partial charge in [0, 0.05) is 0 Å². The van der Waals surface area contributed by atoms with Gasteiger partial charge in [-0.25, -0.2) is 0 Å². The van der Waals surface area contributed by atoms with Crippen molar-refractivity contribution in [2.75, 3.05) is 0 Å². The summed E-state index contributed by atoms with van der Waals surface area (Å²) in [6, 6.07) is 0. The first-order valence-corrected chi connectivity index (χ1v) is 42.2. The Morgan fingerprint density at radius 2 is 0.571 bits per heavy atom. The van der Waals surface area contributed by atoms with Gasteiger partial charge in [-0.1, -0.05) is 0 Å². The molecule has 0 heterocycles. The quantitative estimate of drug-likeness (QED) is 0.347. The normalized spacial score (nSPS) is 23.1. The third-order valence-corrected chi connectivity index (χ3v) is 0. The van der Waals surface area contributed by atoms with Gasteiger partial charge in [-0.05, 0) is 0 Å². The molecule has 0 amide bonds. The van der Waals surface area contributed by atoms with Gasteiger partial charge in [0.15, 0.2) is 0 Å². The molecular weight excluding hydrogens is 688 g/mol. The molecule has 0 N–H and O–H groups in total. The van der Waals surface area contributed by atoms with Crippen molar-refractivity contribution in [3.63, 3.8) is 0 Å². The monoisotopic (exact) mass is 682 g/mol. The molecule has 0 saturated heterocycles. The van der Waals surface area contributed by atoms with Crippen LogP contribution >= 0.6 is 72.8 Å². The first kappa shape index (κ1) is 10.8. The van der Waals surface area contributed by atoms with Crippen molar-refractivity contribution in [2.45, 2.75) is 0 Å². The predicted molar refractivity (Wildman–Crippen MR) is 59.3 cm³/mol. The van der Waals surface area contributed by atoms with Crippen LogP contribution in [0.4, 0.5) is 0 Å². The van der Waals surface area contributed by atoms with E-state index in [4.69, 9.17) is 0 Å². The predicted octanol–water partition coefficient (Wildman–Crippen LogP) is 4.69. The van der Waals surface area contributed by atoms with E-state index in [2.05, 4.69) is 72.8 Å². The first-order chi connectivity index (χ1) is 2.45. The van der Waals surface area contributed by atoms with Gasteiger partial charge in [0.2, 0.25) is 0 Å². The van der Waals surface area contributed by atoms with E-state index in [0.29, 0.717) is 0 Å². The van der Waals surface area contributed by atoms with E-state index in [1.54, 1.807) is 0 Å². The minimum atomic E-state index is -3.43. The van der Waals surface area contributed by atoms with Crippen LogP contribution in [-0.2, 0) is 0 Å². The summed E-state index contributed by atoms with van der Waals surface area (Å²) in [6.07, 6.45) is 0. The van der Waals surface area contributed by atoms with Gasteiger partial charge in [-0.3, -0.25) is 0 Å². The molecular formula is Br6Po. The zero-order valence-electron chi connectivity index (χ0n) is 2.68. The van der Waals surface area contributed by atoms with Crippen LogP contribution in [0.5, 0.6) is 0 Å². The van der Waals surface area contributed by atoms with Crippen molar-refractivity contribution >= 4 is 76.2 Å². The fourth-order valence-electron chi connectivity index (χ4n) is 0. The molecule has 0 nitrogen and oxygen atoms in total. The summed E-state index contributed by atoms with van der Waals surface area (Å²) in [5, 5.41) is 0. The Bertz CT molecular complexity index is 62.7. The molecule has 0 radical (unpaired) electrons. The topological polar surface area (TPSA) is 0 Å². The zero-order valence-corrected chi connectivity index (χ0v) is 15.4. The van der Waals surface area contributed by atoms with Gasteiger partial charge in [0.25, 0.3) is 0 Å². The van der Waals surface area contributed by atoms with Crippen LogP contribution < -0.4 is 0 Å². The second-order valence-electron chi connectivity index (χ2n) is 0.875. The third kappa shape index (κ3) is 41.5. The minimum absolute atomic E-state index is 3.37. The molecule has 0 aromatic heterocycles. The number of rotatable bonds is 0. The van der Waals surface area contributed by atoms with Gasteiger partial charge in [0.1, 0.15) is 0 Å². The Morgan fingerprint density at radius 3 is 0.571 bits per heavy atom. The maximum atomic E-state index is 3.37. The van der Waals surface area contributed by atoms with E-state index in [-0.39, 0.29) is 0 Å². The van der Waals surface area contributed by atoms with Crippen molar-refractivity contribution < 1.29 is 0 Å². The Balaban J connectivity index is 4.43. The van der Waals surface area contributed by atoms with Crippen LogP contribution in [0.1, 0.15) is 0 Å². The molecule has 0 fully saturated rings. The summed E-state index contributed by atoms with van der Waals surface area (Å²) >= 11 is 20.2. The summed E-state index contributed by atoms with van der Waals surface area (Å²) in [5.74, 6) is 0. The van der Waals surface area contributed by atoms with Gasteiger partial charge >= 0.3 is 76.2 Å². The molecule has 0 rings (SSSR count). The molecule has 7 heteroatoms. The molecule has 0 aliphatic carbocycles. The average Bonchev–Trinajstić information content (AvgIpc) is 0.592. The van der Waals surface area contributed by atoms with Crippen molar-refractivity contribution in [1.82, 2.24) is 0 Å². The maximum absolute atomic E-state index is 3.43. The van der Waals surface area contributed by atoms with Crippen molar-refractivity contribution in [3.05, 3.63) is 0 Å². The summed E-state index contributed by atoms with van der Waals surface area (Å²) in [5.41, 5.74) is 0. The number of hydrogen-bond donors (Lipinski definition) is 0. The second-order valence-corrected chi connectivity index (χ2v) is 207. The SMILES string of the molecule is [Br][Po]([Br])([Br])([Br])([Br])[Br]. The third-order valence-electron chi connectivity index (χ3n) is 0. The Labute approximate surface area is 73.8 Å². The Kier molecular flexibility index (Phi) is 3.29. The van der Waals surface area contributed by atoms with E-state index in [1.807, 2.05) is 0 Å². The first-order valence-electron chi connectivity index (χ1n) is 0.926. The van der Waals surface area contributed by atoms with Crippen molar-refractivity contribution in [2.24, 2.45) is 0 Å². The molecule has 0 saturated carbocycles. The second kappa shape index (κ2) is 2.14. The molecule has 48 valence electrons. The molecule has 0 aromatic rings. The summed E-state index contributed by atoms with van der Waals surface area (Å²) < 4.78 is -3.43. The molecule has 0 atom stereocenters. The molecule has 0 spiro atoms. The molecule has 0 aromatic carbocycles. The summed E-state index contributed by atoms with van der Waals surface area (Å²) in [7, 11) is 0. The van der Waals surface area contributed by atoms with Crippen molar-refractivity contribution in [1.29, 1.82) is 0 Å². The van der Waals surface area contributed by atoms with E-state index in [0.717, 1.165) is 0 Å². The van der Waals surface area contributed by atoms with Crippen LogP contribution in [0.2, 0.25) is 0 Å². The molecule has 7 heavy (non-hydrogen) atoms. The fourth-order valence-corrected chi connectivity index (χ4v) is 0. The van der Waals surface area contributed by atoms with Crippen LogP contribution in [0.3, 0.4) is 0 Å². The zero-order chi connectivity index (χ0) is 6.41. The van der Waals surface area contributed by atoms with E-state index < -0.39 is 3.35 Å². The number of hydrogen-bond acceptors (Lipinski definition) is 0. The van der Waals surface area contributed by atoms with Crippen LogP contribution in [0.25, 0.3) is 0 Å². The molecule has 0 aliphatic heterocycles. The Morgan fingerprint density at radius 1 is 0.571 bits per heavy atom. The van der Waals surface area contributed by atoms with Gasteiger partial charge < -0.3 is 0 Å². The average molecular weight is 688 g/mol.